The molecule has 1 aliphatic heterocycles. The van der Waals surface area contributed by atoms with Crippen molar-refractivity contribution in [1.82, 2.24) is 0 Å². The van der Waals surface area contributed by atoms with Crippen LogP contribution in [0.3, 0.4) is 0 Å². The quantitative estimate of drug-likeness (QED) is 0.331. The molecule has 0 spiro atoms. The van der Waals surface area contributed by atoms with Gasteiger partial charge in [-0.3, -0.25) is 4.18 Å². The van der Waals surface area contributed by atoms with Gasteiger partial charge in [-0.15, -0.1) is 0 Å². The lowest BCUT2D eigenvalue weighted by Gasteiger charge is -2.38. The second kappa shape index (κ2) is 9.11. The van der Waals surface area contributed by atoms with Crippen molar-refractivity contribution in [3.8, 4) is 0 Å². The smallest absolute Gasteiger partial charge is 0.368 e. The first-order valence-electron chi connectivity index (χ1n) is 10.1. The Morgan fingerprint density at radius 3 is 1.81 bits per heavy atom. The molecule has 0 amide bonds. The Morgan fingerprint density at radius 1 is 0.812 bits per heavy atom. The molecule has 0 bridgehead atoms. The van der Waals surface area contributed by atoms with Gasteiger partial charge in [0.2, 0.25) is 0 Å². The lowest BCUT2D eigenvalue weighted by molar-refractivity contribution is -0.153. The van der Waals surface area contributed by atoms with E-state index >= 15 is 0 Å². The Kier molecular flexibility index (Phi) is 6.60. The first-order chi connectivity index (χ1) is 15.2. The zero-order valence-electron chi connectivity index (χ0n) is 17.1. The summed E-state index contributed by atoms with van der Waals surface area (Å²) in [5.41, 5.74) is -3.91. The zero-order valence-corrected chi connectivity index (χ0v) is 18.0. The highest BCUT2D eigenvalue weighted by molar-refractivity contribution is 7.87. The lowest BCUT2D eigenvalue weighted by Crippen LogP contribution is -2.55. The molecule has 0 aromatic heterocycles. The van der Waals surface area contributed by atoms with Crippen LogP contribution >= 0.6 is 0 Å². The van der Waals surface area contributed by atoms with Crippen molar-refractivity contribution in [3.63, 3.8) is 0 Å². The molecule has 2 aromatic rings. The zero-order chi connectivity index (χ0) is 22.9. The predicted octanol–water partition coefficient (Wildman–Crippen LogP) is 3.81. The maximum atomic E-state index is 13.1. The van der Waals surface area contributed by atoms with Crippen molar-refractivity contribution < 1.29 is 40.0 Å². The van der Waals surface area contributed by atoms with Crippen LogP contribution in [-0.2, 0) is 41.7 Å². The summed E-state index contributed by atoms with van der Waals surface area (Å²) in [5, 5.41) is 0. The standard InChI is InChI=1S/C22H23F3O6S/c1-14-17-21(30-17)20(29-13-16-10-6-3-7-11-16)19(28-12-15-8-4-2-5-9-15)18(14)31-32(26,27)22(23,24)25/h2-11,14,17-21H,12-13H2,1H3/t14-,17-,18-,19-,20-,21-/m0/s1. The van der Waals surface area contributed by atoms with E-state index in [0.29, 0.717) is 0 Å². The van der Waals surface area contributed by atoms with Crippen molar-refractivity contribution in [2.24, 2.45) is 5.92 Å². The summed E-state index contributed by atoms with van der Waals surface area (Å²) in [7, 11) is -5.83. The fourth-order valence-corrected chi connectivity index (χ4v) is 4.63. The van der Waals surface area contributed by atoms with Crippen LogP contribution in [0, 0.1) is 5.92 Å². The van der Waals surface area contributed by atoms with Gasteiger partial charge in [0, 0.05) is 5.92 Å². The average molecular weight is 472 g/mol. The molecule has 1 aliphatic carbocycles. The number of benzene rings is 2. The second-order valence-electron chi connectivity index (χ2n) is 7.91. The van der Waals surface area contributed by atoms with Crippen molar-refractivity contribution in [2.75, 3.05) is 0 Å². The SMILES string of the molecule is C[C@H]1[C@@H]2O[C@@H]2[C@@H](OCc2ccccc2)[C@@H](OCc2ccccc2)[C@H]1OS(=O)(=O)C(F)(F)F. The maximum Gasteiger partial charge on any atom is 0.523 e. The van der Waals surface area contributed by atoms with E-state index < -0.39 is 52.1 Å². The minimum Gasteiger partial charge on any atom is -0.368 e. The number of alkyl halides is 3. The molecule has 6 nitrogen and oxygen atoms in total. The van der Waals surface area contributed by atoms with Gasteiger partial charge in [0.1, 0.15) is 24.4 Å². The van der Waals surface area contributed by atoms with Crippen LogP contribution in [0.25, 0.3) is 0 Å². The average Bonchev–Trinajstić information content (AvgIpc) is 3.55. The third-order valence-electron chi connectivity index (χ3n) is 5.66. The minimum atomic E-state index is -5.83. The molecule has 0 radical (unpaired) electrons. The summed E-state index contributed by atoms with van der Waals surface area (Å²) in [6, 6.07) is 18.2. The molecule has 0 unspecified atom stereocenters. The largest absolute Gasteiger partial charge is 0.523 e. The monoisotopic (exact) mass is 472 g/mol. The summed E-state index contributed by atoms with van der Waals surface area (Å²) in [5.74, 6) is -0.644. The predicted molar refractivity (Wildman–Crippen MR) is 108 cm³/mol. The Morgan fingerprint density at radius 2 is 1.31 bits per heavy atom. The second-order valence-corrected chi connectivity index (χ2v) is 9.47. The number of halogens is 3. The molecule has 10 heteroatoms. The van der Waals surface area contributed by atoms with Gasteiger partial charge < -0.3 is 14.2 Å². The van der Waals surface area contributed by atoms with Crippen LogP contribution in [0.5, 0.6) is 0 Å². The molecule has 4 rings (SSSR count). The fourth-order valence-electron chi connectivity index (χ4n) is 3.94. The van der Waals surface area contributed by atoms with Crippen LogP contribution in [0.1, 0.15) is 18.1 Å². The van der Waals surface area contributed by atoms with Gasteiger partial charge in [-0.1, -0.05) is 67.6 Å². The number of hydrogen-bond donors (Lipinski definition) is 0. The molecular weight excluding hydrogens is 449 g/mol. The number of fused-ring (bicyclic) bond motifs is 1. The molecule has 1 heterocycles. The molecule has 2 fully saturated rings. The van der Waals surface area contributed by atoms with E-state index in [0.717, 1.165) is 11.1 Å². The number of ether oxygens (including phenoxy) is 3. The van der Waals surface area contributed by atoms with Gasteiger partial charge >= 0.3 is 15.6 Å². The van der Waals surface area contributed by atoms with E-state index in [-0.39, 0.29) is 13.2 Å². The summed E-state index contributed by atoms with van der Waals surface area (Å²) in [6.45, 7) is 1.80. The molecule has 2 aliphatic rings. The van der Waals surface area contributed by atoms with Crippen LogP contribution in [-0.4, -0.2) is 44.4 Å². The van der Waals surface area contributed by atoms with Crippen molar-refractivity contribution in [1.29, 1.82) is 0 Å². The normalized spacial score (nSPS) is 30.0. The Balaban J connectivity index is 1.58. The Hall–Kier alpha value is -1.98. The molecule has 32 heavy (non-hydrogen) atoms. The Labute approximate surface area is 184 Å². The number of hydrogen-bond acceptors (Lipinski definition) is 6. The van der Waals surface area contributed by atoms with E-state index in [1.165, 1.54) is 0 Å². The highest BCUT2D eigenvalue weighted by atomic mass is 32.2. The molecule has 2 aromatic carbocycles. The first kappa shape index (κ1) is 23.2. The van der Waals surface area contributed by atoms with Crippen LogP contribution in [0.4, 0.5) is 13.2 Å². The molecule has 1 saturated heterocycles. The molecule has 6 atom stereocenters. The minimum absolute atomic E-state index is 0.0483. The van der Waals surface area contributed by atoms with Crippen molar-refractivity contribution in [3.05, 3.63) is 71.8 Å². The van der Waals surface area contributed by atoms with Gasteiger partial charge in [-0.05, 0) is 11.1 Å². The first-order valence-corrected chi connectivity index (χ1v) is 11.5. The van der Waals surface area contributed by atoms with E-state index in [2.05, 4.69) is 0 Å². The van der Waals surface area contributed by atoms with Crippen LogP contribution < -0.4 is 0 Å². The van der Waals surface area contributed by atoms with E-state index in [4.69, 9.17) is 18.4 Å². The van der Waals surface area contributed by atoms with Crippen LogP contribution in [0.15, 0.2) is 60.7 Å². The highest BCUT2D eigenvalue weighted by Gasteiger charge is 2.63. The van der Waals surface area contributed by atoms with Gasteiger partial charge in [-0.25, -0.2) is 0 Å². The summed E-state index contributed by atoms with van der Waals surface area (Å²) < 4.78 is 85.1. The van der Waals surface area contributed by atoms with Gasteiger partial charge in [0.05, 0.1) is 19.3 Å². The third kappa shape index (κ3) is 4.99. The number of rotatable bonds is 8. The summed E-state index contributed by atoms with van der Waals surface area (Å²) in [4.78, 5) is 0. The lowest BCUT2D eigenvalue weighted by atomic mass is 9.83. The van der Waals surface area contributed by atoms with E-state index in [9.17, 15) is 21.6 Å². The summed E-state index contributed by atoms with van der Waals surface area (Å²) in [6.07, 6.45) is -4.19. The maximum absolute atomic E-state index is 13.1. The van der Waals surface area contributed by atoms with Crippen molar-refractivity contribution >= 4 is 10.1 Å². The van der Waals surface area contributed by atoms with E-state index in [1.54, 1.807) is 31.2 Å². The van der Waals surface area contributed by atoms with E-state index in [1.807, 2.05) is 36.4 Å². The third-order valence-corrected chi connectivity index (χ3v) is 6.70. The summed E-state index contributed by atoms with van der Waals surface area (Å²) >= 11 is 0. The topological polar surface area (TPSA) is 74.4 Å². The molecular formula is C22H23F3O6S. The van der Waals surface area contributed by atoms with Crippen LogP contribution in [0.2, 0.25) is 0 Å². The van der Waals surface area contributed by atoms with Gasteiger partial charge in [-0.2, -0.15) is 21.6 Å². The Bertz CT molecular complexity index is 999. The van der Waals surface area contributed by atoms with Gasteiger partial charge in [0.25, 0.3) is 0 Å². The number of epoxide rings is 1. The van der Waals surface area contributed by atoms with Gasteiger partial charge in [0.15, 0.2) is 0 Å². The molecule has 174 valence electrons. The highest BCUT2D eigenvalue weighted by Crippen LogP contribution is 2.46. The molecule has 0 N–H and O–H groups in total. The van der Waals surface area contributed by atoms with Crippen molar-refractivity contribution in [2.45, 2.75) is 56.2 Å². The fraction of sp³-hybridized carbons (Fsp3) is 0.455. The molecule has 1 saturated carbocycles.